The number of carbonyl (C=O) groups is 2. The fourth-order valence-electron chi connectivity index (χ4n) is 2.92. The molecule has 0 radical (unpaired) electrons. The molecule has 0 aliphatic rings. The second-order valence-electron chi connectivity index (χ2n) is 7.21. The van der Waals surface area contributed by atoms with Crippen LogP contribution in [0.4, 0.5) is 0 Å². The van der Waals surface area contributed by atoms with Gasteiger partial charge in [-0.25, -0.2) is 0 Å². The summed E-state index contributed by atoms with van der Waals surface area (Å²) in [5.74, 6) is -1.98. The third-order valence-electron chi connectivity index (χ3n) is 4.42. The third-order valence-corrected chi connectivity index (χ3v) is 4.42. The highest BCUT2D eigenvalue weighted by atomic mass is 16.4. The van der Waals surface area contributed by atoms with Crippen molar-refractivity contribution < 1.29 is 19.8 Å². The number of unbranched alkanes of at least 4 members (excludes halogenated alkanes) is 1. The predicted octanol–water partition coefficient (Wildman–Crippen LogP) is 4.43. The molecule has 0 saturated heterocycles. The molecule has 0 amide bonds. The fraction of sp³-hybridized carbons (Fsp3) is 0.882. The van der Waals surface area contributed by atoms with Crippen molar-refractivity contribution in [1.82, 2.24) is 0 Å². The summed E-state index contributed by atoms with van der Waals surface area (Å²) >= 11 is 0. The van der Waals surface area contributed by atoms with Crippen molar-refractivity contribution in [2.75, 3.05) is 0 Å². The summed E-state index contributed by atoms with van der Waals surface area (Å²) in [4.78, 5) is 22.3. The minimum absolute atomic E-state index is 0.0248. The van der Waals surface area contributed by atoms with Crippen molar-refractivity contribution in [3.05, 3.63) is 0 Å². The molecule has 0 rings (SSSR count). The Morgan fingerprint density at radius 3 is 2.05 bits per heavy atom. The summed E-state index contributed by atoms with van der Waals surface area (Å²) in [6, 6.07) is 0. The standard InChI is InChI=1S/C17H32O4/c1-6-7-8-14(16(20)21)13(3)11-17(4,5)10-9-12(2)15(18)19/h12-14H,6-11H2,1-5H3,(H,18,19)(H,20,21). The van der Waals surface area contributed by atoms with Crippen molar-refractivity contribution >= 4 is 11.9 Å². The number of hydrogen-bond donors (Lipinski definition) is 2. The van der Waals surface area contributed by atoms with Crippen molar-refractivity contribution in [2.24, 2.45) is 23.2 Å². The van der Waals surface area contributed by atoms with E-state index < -0.39 is 11.9 Å². The van der Waals surface area contributed by atoms with Crippen LogP contribution in [0.2, 0.25) is 0 Å². The number of carboxylic acids is 2. The maximum Gasteiger partial charge on any atom is 0.306 e. The Morgan fingerprint density at radius 1 is 1.05 bits per heavy atom. The van der Waals surface area contributed by atoms with Crippen LogP contribution in [0, 0.1) is 23.2 Å². The molecule has 0 saturated carbocycles. The van der Waals surface area contributed by atoms with Gasteiger partial charge in [0.15, 0.2) is 0 Å². The maximum absolute atomic E-state index is 11.4. The molecular formula is C17H32O4. The zero-order valence-corrected chi connectivity index (χ0v) is 14.2. The van der Waals surface area contributed by atoms with Crippen molar-refractivity contribution in [3.63, 3.8) is 0 Å². The summed E-state index contributed by atoms with van der Waals surface area (Å²) < 4.78 is 0. The van der Waals surface area contributed by atoms with Gasteiger partial charge in [0.25, 0.3) is 0 Å². The lowest BCUT2D eigenvalue weighted by Gasteiger charge is -2.31. The minimum atomic E-state index is -0.759. The summed E-state index contributed by atoms with van der Waals surface area (Å²) in [5.41, 5.74) is -0.0248. The zero-order chi connectivity index (χ0) is 16.6. The largest absolute Gasteiger partial charge is 0.481 e. The summed E-state index contributed by atoms with van der Waals surface area (Å²) in [5, 5.41) is 18.3. The summed E-state index contributed by atoms with van der Waals surface area (Å²) in [7, 11) is 0. The van der Waals surface area contributed by atoms with Gasteiger partial charge in [0.05, 0.1) is 11.8 Å². The molecule has 0 bridgehead atoms. The molecule has 21 heavy (non-hydrogen) atoms. The van der Waals surface area contributed by atoms with Gasteiger partial charge >= 0.3 is 11.9 Å². The molecule has 0 heterocycles. The first-order valence-corrected chi connectivity index (χ1v) is 8.06. The van der Waals surface area contributed by atoms with E-state index in [-0.39, 0.29) is 23.2 Å². The van der Waals surface area contributed by atoms with Crippen LogP contribution in [0.15, 0.2) is 0 Å². The molecule has 0 aromatic rings. The molecule has 0 spiro atoms. The van der Waals surface area contributed by atoms with Crippen LogP contribution in [0.3, 0.4) is 0 Å². The monoisotopic (exact) mass is 300 g/mol. The van der Waals surface area contributed by atoms with E-state index in [9.17, 15) is 14.7 Å². The van der Waals surface area contributed by atoms with Gasteiger partial charge in [-0.15, -0.1) is 0 Å². The van der Waals surface area contributed by atoms with E-state index in [0.717, 1.165) is 32.1 Å². The third kappa shape index (κ3) is 8.08. The second-order valence-corrected chi connectivity index (χ2v) is 7.21. The molecule has 2 N–H and O–H groups in total. The van der Waals surface area contributed by atoms with Gasteiger partial charge in [-0.3, -0.25) is 9.59 Å². The lowest BCUT2D eigenvalue weighted by Crippen LogP contribution is -2.27. The second kappa shape index (κ2) is 9.06. The van der Waals surface area contributed by atoms with Crippen molar-refractivity contribution in [1.29, 1.82) is 0 Å². The Morgan fingerprint density at radius 2 is 1.62 bits per heavy atom. The SMILES string of the molecule is CCCCC(C(=O)O)C(C)CC(C)(C)CCC(C)C(=O)O. The van der Waals surface area contributed by atoms with Crippen LogP contribution in [0.1, 0.15) is 73.1 Å². The van der Waals surface area contributed by atoms with E-state index in [1.807, 2.05) is 6.92 Å². The van der Waals surface area contributed by atoms with Crippen LogP contribution >= 0.6 is 0 Å². The predicted molar refractivity (Wildman–Crippen MR) is 84.2 cm³/mol. The zero-order valence-electron chi connectivity index (χ0n) is 14.2. The van der Waals surface area contributed by atoms with E-state index in [2.05, 4.69) is 20.8 Å². The quantitative estimate of drug-likeness (QED) is 0.592. The van der Waals surface area contributed by atoms with Gasteiger partial charge in [-0.05, 0) is 37.0 Å². The number of rotatable bonds is 11. The Labute approximate surface area is 128 Å². The lowest BCUT2D eigenvalue weighted by atomic mass is 9.74. The molecule has 3 unspecified atom stereocenters. The lowest BCUT2D eigenvalue weighted by molar-refractivity contribution is -0.144. The topological polar surface area (TPSA) is 74.6 Å². The van der Waals surface area contributed by atoms with E-state index in [1.54, 1.807) is 6.92 Å². The van der Waals surface area contributed by atoms with Gasteiger partial charge in [0.1, 0.15) is 0 Å². The first-order valence-electron chi connectivity index (χ1n) is 8.06. The highest BCUT2D eigenvalue weighted by Crippen LogP contribution is 2.36. The summed E-state index contributed by atoms with van der Waals surface area (Å²) in [6.45, 7) is 10.0. The molecule has 0 aliphatic heterocycles. The van der Waals surface area contributed by atoms with Crippen LogP contribution in [0.25, 0.3) is 0 Å². The van der Waals surface area contributed by atoms with Gasteiger partial charge in [0, 0.05) is 0 Å². The van der Waals surface area contributed by atoms with Crippen molar-refractivity contribution in [2.45, 2.75) is 73.1 Å². The molecule has 0 aliphatic carbocycles. The number of aliphatic carboxylic acids is 2. The fourth-order valence-corrected chi connectivity index (χ4v) is 2.92. The molecule has 0 aromatic carbocycles. The molecule has 0 fully saturated rings. The summed E-state index contributed by atoms with van der Waals surface area (Å²) in [6.07, 6.45) is 4.95. The van der Waals surface area contributed by atoms with E-state index in [0.29, 0.717) is 6.42 Å². The van der Waals surface area contributed by atoms with Crippen LogP contribution in [-0.4, -0.2) is 22.2 Å². The highest BCUT2D eigenvalue weighted by molar-refractivity contribution is 5.70. The van der Waals surface area contributed by atoms with Crippen LogP contribution < -0.4 is 0 Å². The Hall–Kier alpha value is -1.06. The highest BCUT2D eigenvalue weighted by Gasteiger charge is 2.30. The van der Waals surface area contributed by atoms with Crippen molar-refractivity contribution in [3.8, 4) is 0 Å². The first kappa shape index (κ1) is 19.9. The minimum Gasteiger partial charge on any atom is -0.481 e. The molecule has 3 atom stereocenters. The average molecular weight is 300 g/mol. The normalized spacial score (nSPS) is 16.2. The maximum atomic E-state index is 11.4. The van der Waals surface area contributed by atoms with E-state index in [1.165, 1.54) is 0 Å². The average Bonchev–Trinajstić information content (AvgIpc) is 2.35. The number of carboxylic acid groups (broad SMARTS) is 2. The molecule has 124 valence electrons. The van der Waals surface area contributed by atoms with E-state index >= 15 is 0 Å². The first-order chi connectivity index (χ1) is 9.60. The van der Waals surface area contributed by atoms with E-state index in [4.69, 9.17) is 5.11 Å². The smallest absolute Gasteiger partial charge is 0.306 e. The Bertz CT molecular complexity index is 336. The van der Waals surface area contributed by atoms with Gasteiger partial charge in [-0.1, -0.05) is 47.5 Å². The van der Waals surface area contributed by atoms with Crippen LogP contribution in [0.5, 0.6) is 0 Å². The molecule has 4 heteroatoms. The van der Waals surface area contributed by atoms with Gasteiger partial charge in [-0.2, -0.15) is 0 Å². The van der Waals surface area contributed by atoms with Gasteiger partial charge in [0.2, 0.25) is 0 Å². The molecule has 4 nitrogen and oxygen atoms in total. The number of hydrogen-bond acceptors (Lipinski definition) is 2. The Balaban J connectivity index is 4.51. The molecule has 0 aromatic heterocycles. The van der Waals surface area contributed by atoms with Gasteiger partial charge < -0.3 is 10.2 Å². The molecular weight excluding hydrogens is 268 g/mol. The van der Waals surface area contributed by atoms with Crippen LogP contribution in [-0.2, 0) is 9.59 Å². The Kier molecular flexibility index (Phi) is 8.60.